The fourth-order valence-corrected chi connectivity index (χ4v) is 3.68. The van der Waals surface area contributed by atoms with Crippen LogP contribution >= 0.6 is 11.3 Å². The minimum Gasteiger partial charge on any atom is -0.480 e. The standard InChI is InChI=1S/C15H21NO3S/c1-3-9(2)13(15(18)19)16-14(17)11-5-4-6-12-10(11)7-8-20-12/h7-9,11,13H,3-6H2,1-2H3,(H,16,17)(H,18,19)/t9?,11?,13-/m0/s1. The lowest BCUT2D eigenvalue weighted by atomic mass is 9.86. The largest absolute Gasteiger partial charge is 0.480 e. The molecule has 0 spiro atoms. The highest BCUT2D eigenvalue weighted by molar-refractivity contribution is 7.10. The van der Waals surface area contributed by atoms with Gasteiger partial charge in [-0.3, -0.25) is 4.79 Å². The van der Waals surface area contributed by atoms with E-state index in [4.69, 9.17) is 0 Å². The van der Waals surface area contributed by atoms with E-state index < -0.39 is 12.0 Å². The van der Waals surface area contributed by atoms with Crippen LogP contribution in [0.2, 0.25) is 0 Å². The summed E-state index contributed by atoms with van der Waals surface area (Å²) in [4.78, 5) is 25.0. The van der Waals surface area contributed by atoms with Gasteiger partial charge in [-0.1, -0.05) is 20.3 Å². The molecule has 1 aliphatic rings. The number of carbonyl (C=O) groups is 2. The molecule has 0 saturated carbocycles. The molecule has 0 aliphatic heterocycles. The Morgan fingerprint density at radius 1 is 1.55 bits per heavy atom. The number of aryl methyl sites for hydroxylation is 1. The number of amides is 1. The summed E-state index contributed by atoms with van der Waals surface area (Å²) in [5.41, 5.74) is 1.09. The first kappa shape index (κ1) is 15.0. The number of carboxylic acids is 1. The second kappa shape index (κ2) is 6.39. The Morgan fingerprint density at radius 3 is 2.95 bits per heavy atom. The highest BCUT2D eigenvalue weighted by atomic mass is 32.1. The van der Waals surface area contributed by atoms with Crippen LogP contribution in [0.3, 0.4) is 0 Å². The average Bonchev–Trinajstić information content (AvgIpc) is 2.91. The van der Waals surface area contributed by atoms with Crippen molar-refractivity contribution in [2.75, 3.05) is 0 Å². The Bertz CT molecular complexity index is 497. The fourth-order valence-electron chi connectivity index (χ4n) is 2.70. The average molecular weight is 295 g/mol. The number of carbonyl (C=O) groups excluding carboxylic acids is 1. The summed E-state index contributed by atoms with van der Waals surface area (Å²) in [6.07, 6.45) is 3.56. The number of aliphatic carboxylic acids is 1. The number of hydrogen-bond acceptors (Lipinski definition) is 3. The van der Waals surface area contributed by atoms with Gasteiger partial charge in [-0.25, -0.2) is 4.79 Å². The van der Waals surface area contributed by atoms with Crippen molar-refractivity contribution in [1.82, 2.24) is 5.32 Å². The van der Waals surface area contributed by atoms with Crippen molar-refractivity contribution in [2.24, 2.45) is 5.92 Å². The zero-order valence-corrected chi connectivity index (χ0v) is 12.7. The van der Waals surface area contributed by atoms with E-state index in [-0.39, 0.29) is 17.7 Å². The topological polar surface area (TPSA) is 66.4 Å². The normalized spacial score (nSPS) is 20.8. The van der Waals surface area contributed by atoms with E-state index >= 15 is 0 Å². The van der Waals surface area contributed by atoms with E-state index in [1.54, 1.807) is 11.3 Å². The molecule has 3 atom stereocenters. The molecule has 1 amide bonds. The van der Waals surface area contributed by atoms with Gasteiger partial charge in [0.1, 0.15) is 6.04 Å². The van der Waals surface area contributed by atoms with Crippen molar-refractivity contribution in [1.29, 1.82) is 0 Å². The first-order chi connectivity index (χ1) is 9.54. The molecule has 1 aliphatic carbocycles. The Balaban J connectivity index is 2.11. The SMILES string of the molecule is CCC(C)[C@H](NC(=O)C1CCCc2sccc21)C(=O)O. The number of nitrogens with one attached hydrogen (secondary N) is 1. The number of fused-ring (bicyclic) bond motifs is 1. The van der Waals surface area contributed by atoms with Crippen LogP contribution in [0.5, 0.6) is 0 Å². The van der Waals surface area contributed by atoms with Crippen molar-refractivity contribution >= 4 is 23.2 Å². The third kappa shape index (κ3) is 3.03. The molecule has 4 nitrogen and oxygen atoms in total. The maximum atomic E-state index is 12.4. The molecule has 1 heterocycles. The summed E-state index contributed by atoms with van der Waals surface area (Å²) >= 11 is 1.69. The maximum absolute atomic E-state index is 12.4. The number of thiophene rings is 1. The Morgan fingerprint density at radius 2 is 2.30 bits per heavy atom. The molecule has 0 aromatic carbocycles. The fraction of sp³-hybridized carbons (Fsp3) is 0.600. The third-order valence-corrected chi connectivity index (χ3v) is 5.14. The van der Waals surface area contributed by atoms with Crippen molar-refractivity contribution in [2.45, 2.75) is 51.5 Å². The van der Waals surface area contributed by atoms with Gasteiger partial charge in [-0.2, -0.15) is 0 Å². The second-order valence-electron chi connectivity index (χ2n) is 5.45. The van der Waals surface area contributed by atoms with Gasteiger partial charge < -0.3 is 10.4 Å². The van der Waals surface area contributed by atoms with E-state index in [0.29, 0.717) is 0 Å². The van der Waals surface area contributed by atoms with Crippen LogP contribution in [-0.4, -0.2) is 23.0 Å². The summed E-state index contributed by atoms with van der Waals surface area (Å²) in [5.74, 6) is -1.34. The van der Waals surface area contributed by atoms with Crippen LogP contribution in [0.25, 0.3) is 0 Å². The van der Waals surface area contributed by atoms with Gasteiger partial charge in [0.05, 0.1) is 5.92 Å². The van der Waals surface area contributed by atoms with E-state index in [1.807, 2.05) is 25.3 Å². The first-order valence-corrected chi connectivity index (χ1v) is 8.02. The molecule has 0 fully saturated rings. The molecular weight excluding hydrogens is 274 g/mol. The van der Waals surface area contributed by atoms with Crippen LogP contribution in [0.15, 0.2) is 11.4 Å². The molecule has 5 heteroatoms. The lowest BCUT2D eigenvalue weighted by Gasteiger charge is -2.26. The van der Waals surface area contributed by atoms with Gasteiger partial charge in [-0.15, -0.1) is 11.3 Å². The molecule has 0 radical (unpaired) electrons. The van der Waals surface area contributed by atoms with Gasteiger partial charge in [-0.05, 0) is 42.2 Å². The van der Waals surface area contributed by atoms with Gasteiger partial charge in [0.25, 0.3) is 0 Å². The Hall–Kier alpha value is -1.36. The van der Waals surface area contributed by atoms with Gasteiger partial charge >= 0.3 is 5.97 Å². The number of rotatable bonds is 5. The predicted molar refractivity (Wildman–Crippen MR) is 79.0 cm³/mol. The van der Waals surface area contributed by atoms with Crippen molar-refractivity contribution in [3.8, 4) is 0 Å². The molecule has 2 rings (SSSR count). The summed E-state index contributed by atoms with van der Waals surface area (Å²) in [5, 5.41) is 14.0. The van der Waals surface area contributed by atoms with Crippen LogP contribution in [0, 0.1) is 5.92 Å². The van der Waals surface area contributed by atoms with Gasteiger partial charge in [0, 0.05) is 4.88 Å². The third-order valence-electron chi connectivity index (χ3n) is 4.15. The zero-order valence-electron chi connectivity index (χ0n) is 11.9. The first-order valence-electron chi connectivity index (χ1n) is 7.14. The monoisotopic (exact) mass is 295 g/mol. The molecule has 0 bridgehead atoms. The van der Waals surface area contributed by atoms with Gasteiger partial charge in [0.15, 0.2) is 0 Å². The van der Waals surface area contributed by atoms with E-state index in [1.165, 1.54) is 4.88 Å². The number of hydrogen-bond donors (Lipinski definition) is 2. The highest BCUT2D eigenvalue weighted by Gasteiger charge is 2.32. The minimum atomic E-state index is -0.950. The van der Waals surface area contributed by atoms with Crippen molar-refractivity contribution < 1.29 is 14.7 Å². The molecular formula is C15H21NO3S. The molecule has 2 N–H and O–H groups in total. The lowest BCUT2D eigenvalue weighted by Crippen LogP contribution is -2.47. The molecule has 20 heavy (non-hydrogen) atoms. The van der Waals surface area contributed by atoms with Gasteiger partial charge in [0.2, 0.25) is 5.91 Å². The lowest BCUT2D eigenvalue weighted by molar-refractivity contribution is -0.143. The summed E-state index contributed by atoms with van der Waals surface area (Å²) < 4.78 is 0. The molecule has 0 saturated heterocycles. The molecule has 1 aromatic heterocycles. The van der Waals surface area contributed by atoms with Crippen LogP contribution in [0.4, 0.5) is 0 Å². The molecule has 110 valence electrons. The summed E-state index contributed by atoms with van der Waals surface area (Å²) in [6.45, 7) is 3.79. The summed E-state index contributed by atoms with van der Waals surface area (Å²) in [7, 11) is 0. The smallest absolute Gasteiger partial charge is 0.326 e. The van der Waals surface area contributed by atoms with Crippen LogP contribution < -0.4 is 5.32 Å². The van der Waals surface area contributed by atoms with Crippen molar-refractivity contribution in [3.63, 3.8) is 0 Å². The minimum absolute atomic E-state index is 0.0676. The van der Waals surface area contributed by atoms with E-state index in [0.717, 1.165) is 31.2 Å². The zero-order chi connectivity index (χ0) is 14.7. The predicted octanol–water partition coefficient (Wildman–Crippen LogP) is 2.78. The maximum Gasteiger partial charge on any atom is 0.326 e. The quantitative estimate of drug-likeness (QED) is 0.878. The van der Waals surface area contributed by atoms with Crippen LogP contribution in [0.1, 0.15) is 49.5 Å². The van der Waals surface area contributed by atoms with Crippen molar-refractivity contribution in [3.05, 3.63) is 21.9 Å². The second-order valence-corrected chi connectivity index (χ2v) is 6.45. The highest BCUT2D eigenvalue weighted by Crippen LogP contribution is 2.35. The van der Waals surface area contributed by atoms with E-state index in [9.17, 15) is 14.7 Å². The van der Waals surface area contributed by atoms with Crippen LogP contribution in [-0.2, 0) is 16.0 Å². The molecule has 1 aromatic rings. The Kier molecular flexibility index (Phi) is 4.81. The molecule has 2 unspecified atom stereocenters. The Labute approximate surface area is 123 Å². The number of carboxylic acid groups (broad SMARTS) is 1. The van der Waals surface area contributed by atoms with E-state index in [2.05, 4.69) is 5.32 Å². The summed E-state index contributed by atoms with van der Waals surface area (Å²) in [6, 6.07) is 1.21.